The lowest BCUT2D eigenvalue weighted by Gasteiger charge is -2.23. The summed E-state index contributed by atoms with van der Waals surface area (Å²) >= 11 is 0. The maximum atomic E-state index is 9.03. The fraction of sp³-hybridized carbons (Fsp3) is 0.467. The Labute approximate surface area is 111 Å². The molecule has 0 spiro atoms. The van der Waals surface area contributed by atoms with Crippen LogP contribution in [0.2, 0.25) is 0 Å². The second-order valence-corrected chi connectivity index (χ2v) is 4.78. The summed E-state index contributed by atoms with van der Waals surface area (Å²) in [6.45, 7) is 0.875. The van der Waals surface area contributed by atoms with Crippen LogP contribution in [0.25, 0.3) is 11.0 Å². The number of hydrogen-bond acceptors (Lipinski definition) is 4. The molecule has 2 heterocycles. The Morgan fingerprint density at radius 3 is 3.05 bits per heavy atom. The molecule has 1 aromatic heterocycles. The zero-order valence-electron chi connectivity index (χ0n) is 10.8. The van der Waals surface area contributed by atoms with E-state index in [0.717, 1.165) is 42.4 Å². The van der Waals surface area contributed by atoms with E-state index in [2.05, 4.69) is 0 Å². The summed E-state index contributed by atoms with van der Waals surface area (Å²) in [5, 5.41) is 10.0. The summed E-state index contributed by atoms with van der Waals surface area (Å²) in [4.78, 5) is 0. The summed E-state index contributed by atoms with van der Waals surface area (Å²) in [6, 6.07) is 5.82. The second-order valence-electron chi connectivity index (χ2n) is 4.78. The minimum atomic E-state index is -0.175. The van der Waals surface area contributed by atoms with E-state index in [4.69, 9.17) is 19.0 Å². The molecule has 1 saturated heterocycles. The second kappa shape index (κ2) is 5.63. The molecule has 1 aliphatic rings. The summed E-state index contributed by atoms with van der Waals surface area (Å²) in [7, 11) is 0. The van der Waals surface area contributed by atoms with Crippen LogP contribution in [-0.2, 0) is 11.2 Å². The number of fused-ring (bicyclic) bond motifs is 1. The Morgan fingerprint density at radius 2 is 2.26 bits per heavy atom. The predicted octanol–water partition coefficient (Wildman–Crippen LogP) is 2.87. The van der Waals surface area contributed by atoms with Gasteiger partial charge in [0.1, 0.15) is 0 Å². The molecule has 2 aromatic rings. The van der Waals surface area contributed by atoms with E-state index in [1.54, 1.807) is 6.26 Å². The smallest absolute Gasteiger partial charge is 0.200 e. The number of ether oxygens (including phenoxy) is 2. The number of benzene rings is 1. The topological polar surface area (TPSA) is 51.8 Å². The molecule has 1 N–H and O–H groups in total. The third kappa shape index (κ3) is 2.60. The molecule has 0 bridgehead atoms. The van der Waals surface area contributed by atoms with Crippen LogP contribution in [0.5, 0.6) is 5.75 Å². The standard InChI is InChI=1S/C15H18O4/c16-8-7-11-10-18-15-12(11)4-3-5-13(15)19-14-6-1-2-9-17-14/h3-5,10,14,16H,1-2,6-9H2. The molecule has 0 amide bonds. The van der Waals surface area contributed by atoms with Gasteiger partial charge in [-0.15, -0.1) is 0 Å². The van der Waals surface area contributed by atoms with E-state index < -0.39 is 0 Å². The van der Waals surface area contributed by atoms with Crippen LogP contribution < -0.4 is 4.74 Å². The van der Waals surface area contributed by atoms with E-state index >= 15 is 0 Å². The first kappa shape index (κ1) is 12.5. The van der Waals surface area contributed by atoms with E-state index in [0.29, 0.717) is 12.2 Å². The highest BCUT2D eigenvalue weighted by Gasteiger charge is 2.18. The molecular formula is C15H18O4. The van der Waals surface area contributed by atoms with Crippen LogP contribution in [0.1, 0.15) is 24.8 Å². The average molecular weight is 262 g/mol. The van der Waals surface area contributed by atoms with E-state index in [9.17, 15) is 0 Å². The number of para-hydroxylation sites is 1. The van der Waals surface area contributed by atoms with Gasteiger partial charge in [0.05, 0.1) is 12.9 Å². The molecule has 1 aromatic carbocycles. The van der Waals surface area contributed by atoms with Crippen molar-refractivity contribution < 1.29 is 19.0 Å². The van der Waals surface area contributed by atoms with Crippen LogP contribution in [0.3, 0.4) is 0 Å². The Kier molecular flexibility index (Phi) is 3.71. The van der Waals surface area contributed by atoms with Crippen molar-refractivity contribution in [2.24, 2.45) is 0 Å². The van der Waals surface area contributed by atoms with Gasteiger partial charge in [-0.05, 0) is 25.3 Å². The summed E-state index contributed by atoms with van der Waals surface area (Å²) in [6.07, 6.45) is 5.26. The molecule has 1 atom stereocenters. The zero-order valence-corrected chi connectivity index (χ0v) is 10.8. The lowest BCUT2D eigenvalue weighted by Crippen LogP contribution is -2.24. The van der Waals surface area contributed by atoms with Gasteiger partial charge in [0.15, 0.2) is 17.6 Å². The summed E-state index contributed by atoms with van der Waals surface area (Å²) in [5.41, 5.74) is 1.74. The van der Waals surface area contributed by atoms with Crippen molar-refractivity contribution in [1.82, 2.24) is 0 Å². The molecule has 102 valence electrons. The van der Waals surface area contributed by atoms with Gasteiger partial charge < -0.3 is 19.0 Å². The number of rotatable bonds is 4. The van der Waals surface area contributed by atoms with Gasteiger partial charge in [-0.3, -0.25) is 0 Å². The van der Waals surface area contributed by atoms with Crippen LogP contribution in [0, 0.1) is 0 Å². The van der Waals surface area contributed by atoms with Crippen molar-refractivity contribution in [3.05, 3.63) is 30.0 Å². The molecule has 1 unspecified atom stereocenters. The predicted molar refractivity (Wildman–Crippen MR) is 71.2 cm³/mol. The average Bonchev–Trinajstić information content (AvgIpc) is 2.85. The van der Waals surface area contributed by atoms with Crippen LogP contribution in [0.4, 0.5) is 0 Å². The van der Waals surface area contributed by atoms with Crippen molar-refractivity contribution >= 4 is 11.0 Å². The van der Waals surface area contributed by atoms with Crippen molar-refractivity contribution in [3.8, 4) is 5.75 Å². The highest BCUT2D eigenvalue weighted by molar-refractivity contribution is 5.86. The Morgan fingerprint density at radius 1 is 1.32 bits per heavy atom. The maximum Gasteiger partial charge on any atom is 0.200 e. The van der Waals surface area contributed by atoms with Crippen molar-refractivity contribution in [2.75, 3.05) is 13.2 Å². The highest BCUT2D eigenvalue weighted by atomic mass is 16.7. The lowest BCUT2D eigenvalue weighted by molar-refractivity contribution is -0.105. The number of furan rings is 1. The molecule has 19 heavy (non-hydrogen) atoms. The van der Waals surface area contributed by atoms with Gasteiger partial charge in [0.25, 0.3) is 0 Å². The molecule has 0 radical (unpaired) electrons. The number of aliphatic hydroxyl groups is 1. The minimum Gasteiger partial charge on any atom is -0.461 e. The Bertz CT molecular complexity index is 540. The van der Waals surface area contributed by atoms with E-state index in [1.807, 2.05) is 18.2 Å². The van der Waals surface area contributed by atoms with E-state index in [-0.39, 0.29) is 12.9 Å². The third-order valence-corrected chi connectivity index (χ3v) is 3.42. The first-order valence-electron chi connectivity index (χ1n) is 6.76. The van der Waals surface area contributed by atoms with Gasteiger partial charge in [-0.1, -0.05) is 12.1 Å². The molecule has 1 aliphatic heterocycles. The minimum absolute atomic E-state index is 0.117. The first-order chi connectivity index (χ1) is 9.38. The fourth-order valence-corrected chi connectivity index (χ4v) is 2.44. The van der Waals surface area contributed by atoms with Gasteiger partial charge >= 0.3 is 0 Å². The highest BCUT2D eigenvalue weighted by Crippen LogP contribution is 2.31. The van der Waals surface area contributed by atoms with Crippen LogP contribution >= 0.6 is 0 Å². The summed E-state index contributed by atoms with van der Waals surface area (Å²) in [5.74, 6) is 0.716. The quantitative estimate of drug-likeness (QED) is 0.920. The largest absolute Gasteiger partial charge is 0.461 e. The van der Waals surface area contributed by atoms with Crippen LogP contribution in [0.15, 0.2) is 28.9 Å². The maximum absolute atomic E-state index is 9.03. The molecule has 0 aliphatic carbocycles. The molecule has 0 saturated carbocycles. The zero-order chi connectivity index (χ0) is 13.1. The molecule has 1 fully saturated rings. The van der Waals surface area contributed by atoms with Gasteiger partial charge in [0, 0.05) is 24.0 Å². The molecule has 4 nitrogen and oxygen atoms in total. The fourth-order valence-electron chi connectivity index (χ4n) is 2.44. The van der Waals surface area contributed by atoms with Crippen molar-refractivity contribution in [3.63, 3.8) is 0 Å². The van der Waals surface area contributed by atoms with Crippen molar-refractivity contribution in [2.45, 2.75) is 32.0 Å². The normalized spacial score (nSPS) is 19.7. The lowest BCUT2D eigenvalue weighted by atomic mass is 10.1. The third-order valence-electron chi connectivity index (χ3n) is 3.42. The SMILES string of the molecule is OCCc1coc2c(OC3CCCCO3)cccc12. The molecule has 4 heteroatoms. The van der Waals surface area contributed by atoms with Gasteiger partial charge in [-0.25, -0.2) is 0 Å². The molecular weight excluding hydrogens is 244 g/mol. The van der Waals surface area contributed by atoms with Crippen molar-refractivity contribution in [1.29, 1.82) is 0 Å². The number of hydrogen-bond donors (Lipinski definition) is 1. The Balaban J connectivity index is 1.86. The summed E-state index contributed by atoms with van der Waals surface area (Å²) < 4.78 is 17.0. The van der Waals surface area contributed by atoms with Gasteiger partial charge in [0.2, 0.25) is 0 Å². The monoisotopic (exact) mass is 262 g/mol. The van der Waals surface area contributed by atoms with Crippen LogP contribution in [-0.4, -0.2) is 24.6 Å². The van der Waals surface area contributed by atoms with Gasteiger partial charge in [-0.2, -0.15) is 0 Å². The number of aliphatic hydroxyl groups excluding tert-OH is 1. The first-order valence-corrected chi connectivity index (χ1v) is 6.76. The van der Waals surface area contributed by atoms with E-state index in [1.165, 1.54) is 0 Å². The molecule has 3 rings (SSSR count). The Hall–Kier alpha value is -1.52.